The molecule has 1 aromatic carbocycles. The third kappa shape index (κ3) is 3.63. The smallest absolute Gasteiger partial charge is 0.0776 e. The second-order valence-corrected chi connectivity index (χ2v) is 6.97. The highest BCUT2D eigenvalue weighted by Crippen LogP contribution is 2.22. The summed E-state index contributed by atoms with van der Waals surface area (Å²) >= 11 is 0. The van der Waals surface area contributed by atoms with Crippen molar-refractivity contribution in [3.8, 4) is 0 Å². The lowest BCUT2D eigenvalue weighted by Crippen LogP contribution is -2.41. The Hall–Kier alpha value is -1.39. The maximum Gasteiger partial charge on any atom is 0.0776 e. The van der Waals surface area contributed by atoms with Crippen molar-refractivity contribution in [3.05, 3.63) is 30.5 Å². The number of nitrogens with one attached hydrogen (secondary N) is 1. The van der Waals surface area contributed by atoms with Gasteiger partial charge in [0.25, 0.3) is 0 Å². The molecule has 21 heavy (non-hydrogen) atoms. The second-order valence-electron chi connectivity index (χ2n) is 6.97. The minimum atomic E-state index is 0.152. The Morgan fingerprint density at radius 2 is 2.00 bits per heavy atom. The summed E-state index contributed by atoms with van der Waals surface area (Å²) in [5.74, 6) is 0. The van der Waals surface area contributed by atoms with Crippen molar-refractivity contribution in [2.45, 2.75) is 57.9 Å². The van der Waals surface area contributed by atoms with Crippen LogP contribution < -0.4 is 5.32 Å². The van der Waals surface area contributed by atoms with Crippen molar-refractivity contribution in [1.29, 1.82) is 0 Å². The quantitative estimate of drug-likeness (QED) is 0.939. The first-order chi connectivity index (χ1) is 10.0. The highest BCUT2D eigenvalue weighted by Gasteiger charge is 2.26. The molecule has 1 aliphatic heterocycles. The van der Waals surface area contributed by atoms with Crippen molar-refractivity contribution in [2.75, 3.05) is 6.54 Å². The van der Waals surface area contributed by atoms with Gasteiger partial charge in [-0.3, -0.25) is 4.68 Å². The Morgan fingerprint density at radius 1 is 1.24 bits per heavy atom. The van der Waals surface area contributed by atoms with E-state index < -0.39 is 0 Å². The third-order valence-corrected chi connectivity index (χ3v) is 3.98. The molecule has 1 fully saturated rings. The molecule has 0 radical (unpaired) electrons. The van der Waals surface area contributed by atoms with E-state index in [0.29, 0.717) is 6.10 Å². The molecule has 2 aromatic rings. The molecule has 4 nitrogen and oxygen atoms in total. The molecular formula is C17H25N3O. The Balaban J connectivity index is 1.57. The zero-order valence-electron chi connectivity index (χ0n) is 13.2. The van der Waals surface area contributed by atoms with Gasteiger partial charge in [0, 0.05) is 17.5 Å². The summed E-state index contributed by atoms with van der Waals surface area (Å²) in [6.07, 6.45) is 4.79. The van der Waals surface area contributed by atoms with Gasteiger partial charge in [-0.2, -0.15) is 5.10 Å². The number of aromatic nitrogens is 2. The predicted octanol–water partition coefficient (Wildman–Crippen LogP) is 2.97. The molecule has 114 valence electrons. The topological polar surface area (TPSA) is 39.1 Å². The molecule has 0 aliphatic carbocycles. The van der Waals surface area contributed by atoms with Crippen molar-refractivity contribution in [3.63, 3.8) is 0 Å². The summed E-state index contributed by atoms with van der Waals surface area (Å²) < 4.78 is 8.22. The first-order valence-corrected chi connectivity index (χ1v) is 7.82. The average molecular weight is 287 g/mol. The molecule has 1 saturated heterocycles. The maximum absolute atomic E-state index is 6.16. The summed E-state index contributed by atoms with van der Waals surface area (Å²) in [5, 5.41) is 9.21. The van der Waals surface area contributed by atoms with Crippen LogP contribution in [0.25, 0.3) is 10.9 Å². The van der Waals surface area contributed by atoms with Gasteiger partial charge < -0.3 is 10.1 Å². The Morgan fingerprint density at radius 3 is 2.81 bits per heavy atom. The second kappa shape index (κ2) is 5.78. The Labute approximate surface area is 126 Å². The minimum absolute atomic E-state index is 0.152. The molecule has 4 heteroatoms. The zero-order valence-corrected chi connectivity index (χ0v) is 13.2. The van der Waals surface area contributed by atoms with E-state index in [-0.39, 0.29) is 11.6 Å². The van der Waals surface area contributed by atoms with E-state index in [1.54, 1.807) is 0 Å². The molecule has 0 spiro atoms. The monoisotopic (exact) mass is 287 g/mol. The lowest BCUT2D eigenvalue weighted by atomic mass is 10.1. The van der Waals surface area contributed by atoms with Crippen LogP contribution in [-0.2, 0) is 11.3 Å². The lowest BCUT2D eigenvalue weighted by Gasteiger charge is -2.23. The van der Waals surface area contributed by atoms with Gasteiger partial charge in [-0.05, 0) is 39.7 Å². The van der Waals surface area contributed by atoms with Crippen LogP contribution in [0.1, 0.15) is 33.6 Å². The number of hydrogen-bond acceptors (Lipinski definition) is 3. The van der Waals surface area contributed by atoms with Crippen LogP contribution in [-0.4, -0.2) is 34.1 Å². The number of hydrogen-bond donors (Lipinski definition) is 1. The predicted molar refractivity (Wildman–Crippen MR) is 85.4 cm³/mol. The molecule has 0 saturated carbocycles. The highest BCUT2D eigenvalue weighted by atomic mass is 16.5. The molecule has 2 heterocycles. The molecule has 1 aromatic heterocycles. The Bertz CT molecular complexity index is 599. The Kier molecular flexibility index (Phi) is 4.00. The van der Waals surface area contributed by atoms with E-state index in [0.717, 1.165) is 25.9 Å². The van der Waals surface area contributed by atoms with Gasteiger partial charge in [0.05, 0.1) is 30.5 Å². The third-order valence-electron chi connectivity index (χ3n) is 3.98. The van der Waals surface area contributed by atoms with Gasteiger partial charge >= 0.3 is 0 Å². The van der Waals surface area contributed by atoms with E-state index in [4.69, 9.17) is 4.74 Å². The highest BCUT2D eigenvalue weighted by molar-refractivity contribution is 5.78. The minimum Gasteiger partial charge on any atom is -0.372 e. The molecule has 0 bridgehead atoms. The van der Waals surface area contributed by atoms with Crippen LogP contribution in [0.2, 0.25) is 0 Å². The first-order valence-electron chi connectivity index (χ1n) is 7.82. The zero-order chi connectivity index (χ0) is 14.9. The van der Waals surface area contributed by atoms with Crippen molar-refractivity contribution in [1.82, 2.24) is 15.1 Å². The van der Waals surface area contributed by atoms with Gasteiger partial charge in [-0.1, -0.05) is 18.2 Å². The lowest BCUT2D eigenvalue weighted by molar-refractivity contribution is 0.0319. The van der Waals surface area contributed by atoms with Crippen LogP contribution in [0.5, 0.6) is 0 Å². The van der Waals surface area contributed by atoms with Crippen LogP contribution in [0.15, 0.2) is 30.5 Å². The normalized spacial score (nSPS) is 23.0. The molecule has 1 N–H and O–H groups in total. The first kappa shape index (κ1) is 14.5. The number of rotatable bonds is 4. The van der Waals surface area contributed by atoms with Crippen molar-refractivity contribution < 1.29 is 4.74 Å². The van der Waals surface area contributed by atoms with E-state index in [2.05, 4.69) is 60.1 Å². The SMILES string of the molecule is CC(C)(C)NCC1CCC(Cn2ncc3ccccc32)O1. The number of ether oxygens (including phenoxy) is 1. The van der Waals surface area contributed by atoms with Gasteiger partial charge in [-0.25, -0.2) is 0 Å². The number of para-hydroxylation sites is 1. The van der Waals surface area contributed by atoms with Gasteiger partial charge in [0.1, 0.15) is 0 Å². The fraction of sp³-hybridized carbons (Fsp3) is 0.588. The molecule has 0 amide bonds. The molecule has 2 unspecified atom stereocenters. The van der Waals surface area contributed by atoms with Gasteiger partial charge in [0.15, 0.2) is 0 Å². The maximum atomic E-state index is 6.16. The largest absolute Gasteiger partial charge is 0.372 e. The summed E-state index contributed by atoms with van der Waals surface area (Å²) in [5.41, 5.74) is 1.34. The molecular weight excluding hydrogens is 262 g/mol. The van der Waals surface area contributed by atoms with E-state index >= 15 is 0 Å². The van der Waals surface area contributed by atoms with E-state index in [1.807, 2.05) is 6.20 Å². The van der Waals surface area contributed by atoms with Crippen LogP contribution in [0.4, 0.5) is 0 Å². The fourth-order valence-electron chi connectivity index (χ4n) is 2.85. The van der Waals surface area contributed by atoms with Crippen LogP contribution in [0, 0.1) is 0 Å². The molecule has 2 atom stereocenters. The van der Waals surface area contributed by atoms with Gasteiger partial charge in [-0.15, -0.1) is 0 Å². The van der Waals surface area contributed by atoms with Crippen molar-refractivity contribution in [2.24, 2.45) is 0 Å². The summed E-state index contributed by atoms with van der Waals surface area (Å²) in [4.78, 5) is 0. The summed E-state index contributed by atoms with van der Waals surface area (Å²) in [7, 11) is 0. The van der Waals surface area contributed by atoms with Crippen LogP contribution in [0.3, 0.4) is 0 Å². The summed E-state index contributed by atoms with van der Waals surface area (Å²) in [6, 6.07) is 8.33. The summed E-state index contributed by atoms with van der Waals surface area (Å²) in [6.45, 7) is 8.35. The number of benzene rings is 1. The molecule has 3 rings (SSSR count). The van der Waals surface area contributed by atoms with Gasteiger partial charge in [0.2, 0.25) is 0 Å². The fourth-order valence-corrected chi connectivity index (χ4v) is 2.85. The van der Waals surface area contributed by atoms with E-state index in [9.17, 15) is 0 Å². The van der Waals surface area contributed by atoms with Crippen LogP contribution >= 0.6 is 0 Å². The average Bonchev–Trinajstić information content (AvgIpc) is 3.04. The van der Waals surface area contributed by atoms with Crippen molar-refractivity contribution >= 4 is 10.9 Å². The standard InChI is InChI=1S/C17H25N3O/c1-17(2,3)18-11-14-8-9-15(21-14)12-20-16-7-5-4-6-13(16)10-19-20/h4-7,10,14-15,18H,8-9,11-12H2,1-3H3. The number of fused-ring (bicyclic) bond motifs is 1. The number of nitrogens with zero attached hydrogens (tertiary/aromatic N) is 2. The molecule has 1 aliphatic rings. The van der Waals surface area contributed by atoms with E-state index in [1.165, 1.54) is 10.9 Å².